The van der Waals surface area contributed by atoms with Crippen LogP contribution in [-0.2, 0) is 0 Å². The quantitative estimate of drug-likeness (QED) is 0.565. The van der Waals surface area contributed by atoms with Crippen LogP contribution in [0.1, 0.15) is 0 Å². The second-order valence-electron chi connectivity index (χ2n) is 4.10. The number of anilines is 1. The number of hydrogen-bond donors (Lipinski definition) is 2. The molecule has 1 heterocycles. The summed E-state index contributed by atoms with van der Waals surface area (Å²) in [7, 11) is 0. The average molecular weight is 401 g/mol. The van der Waals surface area contributed by atoms with Gasteiger partial charge in [-0.05, 0) is 30.3 Å². The molecule has 0 radical (unpaired) electrons. The Hall–Kier alpha value is -1.04. The first-order valence-corrected chi connectivity index (χ1v) is 7.41. The van der Waals surface area contributed by atoms with Crippen LogP contribution in [0, 0.1) is 0 Å². The van der Waals surface area contributed by atoms with Crippen LogP contribution >= 0.6 is 43.5 Å². The molecule has 0 aliphatic carbocycles. The highest BCUT2D eigenvalue weighted by molar-refractivity contribution is 9.10. The third kappa shape index (κ3) is 2.38. The second-order valence-corrected chi connectivity index (χ2v) is 6.31. The van der Waals surface area contributed by atoms with Crippen LogP contribution in [0.25, 0.3) is 22.4 Å². The first-order chi connectivity index (χ1) is 9.04. The lowest BCUT2D eigenvalue weighted by Gasteiger charge is -2.00. The minimum absolute atomic E-state index is 0.630. The van der Waals surface area contributed by atoms with Crippen LogP contribution in [0.5, 0.6) is 0 Å². The highest BCUT2D eigenvalue weighted by Crippen LogP contribution is 2.32. The minimum Gasteiger partial charge on any atom is -0.397 e. The second kappa shape index (κ2) is 4.81. The molecule has 0 unspecified atom stereocenters. The third-order valence-corrected chi connectivity index (χ3v) is 4.15. The number of fused-ring (bicyclic) bond motifs is 1. The monoisotopic (exact) mass is 399 g/mol. The van der Waals surface area contributed by atoms with Crippen LogP contribution in [0.2, 0.25) is 5.02 Å². The molecule has 2 aromatic carbocycles. The summed E-state index contributed by atoms with van der Waals surface area (Å²) in [4.78, 5) is 7.79. The molecule has 0 amide bonds. The van der Waals surface area contributed by atoms with Gasteiger partial charge in [0.25, 0.3) is 0 Å². The zero-order chi connectivity index (χ0) is 13.6. The Morgan fingerprint density at radius 1 is 1.16 bits per heavy atom. The fraction of sp³-hybridized carbons (Fsp3) is 0. The smallest absolute Gasteiger partial charge is 0.139 e. The Morgan fingerprint density at radius 3 is 2.74 bits per heavy atom. The summed E-state index contributed by atoms with van der Waals surface area (Å²) in [5.74, 6) is 0.731. The zero-order valence-corrected chi connectivity index (χ0v) is 13.5. The third-order valence-electron chi connectivity index (χ3n) is 2.76. The van der Waals surface area contributed by atoms with Gasteiger partial charge in [0.05, 0.1) is 11.2 Å². The van der Waals surface area contributed by atoms with E-state index in [1.165, 1.54) is 0 Å². The Bertz CT molecular complexity index is 783. The van der Waals surface area contributed by atoms with E-state index in [1.807, 2.05) is 30.3 Å². The number of hydrogen-bond acceptors (Lipinski definition) is 2. The molecule has 0 aliphatic rings. The van der Waals surface area contributed by atoms with E-state index in [0.717, 1.165) is 31.4 Å². The van der Waals surface area contributed by atoms with E-state index >= 15 is 0 Å². The van der Waals surface area contributed by atoms with Gasteiger partial charge in [0.2, 0.25) is 0 Å². The Balaban J connectivity index is 2.26. The summed E-state index contributed by atoms with van der Waals surface area (Å²) < 4.78 is 1.84. The van der Waals surface area contributed by atoms with Gasteiger partial charge in [0.15, 0.2) is 0 Å². The lowest BCUT2D eigenvalue weighted by molar-refractivity contribution is 1.33. The van der Waals surface area contributed by atoms with Gasteiger partial charge in [-0.1, -0.05) is 43.5 Å². The molecule has 0 saturated heterocycles. The number of halogens is 3. The van der Waals surface area contributed by atoms with Gasteiger partial charge in [-0.2, -0.15) is 0 Å². The molecule has 0 fully saturated rings. The van der Waals surface area contributed by atoms with E-state index in [0.29, 0.717) is 10.7 Å². The number of rotatable bonds is 1. The number of imidazole rings is 1. The standard InChI is InChI=1S/C13H8Br2ClN3/c14-6-3-10(17)12-11(4-6)18-13(19-12)8-5-7(16)1-2-9(8)15/h1-5H,17H2,(H,18,19). The largest absolute Gasteiger partial charge is 0.397 e. The van der Waals surface area contributed by atoms with Gasteiger partial charge in [0, 0.05) is 19.5 Å². The van der Waals surface area contributed by atoms with Gasteiger partial charge in [0.1, 0.15) is 11.3 Å². The van der Waals surface area contributed by atoms with Crippen molar-refractivity contribution in [2.24, 2.45) is 0 Å². The molecule has 3 rings (SSSR count). The van der Waals surface area contributed by atoms with Crippen molar-refractivity contribution in [3.63, 3.8) is 0 Å². The number of H-pyrrole nitrogens is 1. The molecule has 19 heavy (non-hydrogen) atoms. The molecule has 0 spiro atoms. The van der Waals surface area contributed by atoms with Crippen molar-refractivity contribution < 1.29 is 0 Å². The molecule has 3 N–H and O–H groups in total. The first-order valence-electron chi connectivity index (χ1n) is 5.45. The van der Waals surface area contributed by atoms with Crippen molar-refractivity contribution in [2.75, 3.05) is 5.73 Å². The summed E-state index contributed by atoms with van der Waals surface area (Å²) in [5, 5.41) is 0.660. The molecule has 0 aliphatic heterocycles. The van der Waals surface area contributed by atoms with Crippen LogP contribution in [-0.4, -0.2) is 9.97 Å². The number of nitrogen functional groups attached to an aromatic ring is 1. The summed E-state index contributed by atoms with van der Waals surface area (Å²) in [6.07, 6.45) is 0. The van der Waals surface area contributed by atoms with Gasteiger partial charge in [-0.3, -0.25) is 0 Å². The van der Waals surface area contributed by atoms with Gasteiger partial charge in [-0.25, -0.2) is 4.98 Å². The number of benzene rings is 2. The number of nitrogens with zero attached hydrogens (tertiary/aromatic N) is 1. The molecule has 0 saturated carbocycles. The normalized spacial score (nSPS) is 11.1. The van der Waals surface area contributed by atoms with Crippen LogP contribution in [0.15, 0.2) is 39.3 Å². The highest BCUT2D eigenvalue weighted by atomic mass is 79.9. The summed E-state index contributed by atoms with van der Waals surface area (Å²) >= 11 is 12.9. The molecular formula is C13H8Br2ClN3. The van der Waals surface area contributed by atoms with Gasteiger partial charge >= 0.3 is 0 Å². The molecular weight excluding hydrogens is 393 g/mol. The maximum atomic E-state index is 6.03. The topological polar surface area (TPSA) is 54.7 Å². The fourth-order valence-corrected chi connectivity index (χ4v) is 3.00. The number of nitrogens with two attached hydrogens (primary N) is 1. The number of aromatic amines is 1. The molecule has 0 bridgehead atoms. The zero-order valence-electron chi connectivity index (χ0n) is 9.55. The van der Waals surface area contributed by atoms with Crippen LogP contribution in [0.4, 0.5) is 5.69 Å². The molecule has 1 aromatic heterocycles. The van der Waals surface area contributed by atoms with Crippen molar-refractivity contribution in [1.29, 1.82) is 0 Å². The Morgan fingerprint density at radius 2 is 1.95 bits per heavy atom. The van der Waals surface area contributed by atoms with Gasteiger partial charge < -0.3 is 10.7 Å². The van der Waals surface area contributed by atoms with Crippen molar-refractivity contribution in [1.82, 2.24) is 9.97 Å². The molecule has 3 aromatic rings. The van der Waals surface area contributed by atoms with E-state index in [2.05, 4.69) is 41.8 Å². The van der Waals surface area contributed by atoms with Gasteiger partial charge in [-0.15, -0.1) is 0 Å². The van der Waals surface area contributed by atoms with Crippen molar-refractivity contribution in [2.45, 2.75) is 0 Å². The van der Waals surface area contributed by atoms with Crippen LogP contribution in [0.3, 0.4) is 0 Å². The van der Waals surface area contributed by atoms with Crippen molar-refractivity contribution >= 4 is 60.2 Å². The van der Waals surface area contributed by atoms with Crippen molar-refractivity contribution in [3.8, 4) is 11.4 Å². The molecule has 0 atom stereocenters. The van der Waals surface area contributed by atoms with E-state index in [1.54, 1.807) is 0 Å². The predicted molar refractivity (Wildman–Crippen MR) is 86.4 cm³/mol. The summed E-state index contributed by atoms with van der Waals surface area (Å²) in [5.41, 5.74) is 9.14. The minimum atomic E-state index is 0.630. The molecule has 6 heteroatoms. The SMILES string of the molecule is Nc1cc(Br)cc2[nH]c(-c3cc(Cl)ccc3Br)nc12. The number of nitrogens with one attached hydrogen (secondary N) is 1. The van der Waals surface area contributed by atoms with Crippen LogP contribution < -0.4 is 5.73 Å². The number of aromatic nitrogens is 2. The van der Waals surface area contributed by atoms with E-state index < -0.39 is 0 Å². The van der Waals surface area contributed by atoms with Crippen molar-refractivity contribution in [3.05, 3.63) is 44.3 Å². The Kier molecular flexibility index (Phi) is 3.28. The lowest BCUT2D eigenvalue weighted by atomic mass is 10.2. The first kappa shape index (κ1) is 13.0. The maximum absolute atomic E-state index is 6.03. The van der Waals surface area contributed by atoms with E-state index in [9.17, 15) is 0 Å². The maximum Gasteiger partial charge on any atom is 0.139 e. The Labute approximate surface area is 131 Å². The van der Waals surface area contributed by atoms with E-state index in [-0.39, 0.29) is 0 Å². The molecule has 3 nitrogen and oxygen atoms in total. The molecule has 96 valence electrons. The van der Waals surface area contributed by atoms with E-state index in [4.69, 9.17) is 17.3 Å². The predicted octanol–water partition coefficient (Wildman–Crippen LogP) is 4.99. The fourth-order valence-electron chi connectivity index (χ4n) is 1.91. The lowest BCUT2D eigenvalue weighted by Crippen LogP contribution is -1.86. The summed E-state index contributed by atoms with van der Waals surface area (Å²) in [6.45, 7) is 0. The summed E-state index contributed by atoms with van der Waals surface area (Å²) in [6, 6.07) is 9.35. The highest BCUT2D eigenvalue weighted by Gasteiger charge is 2.11. The average Bonchev–Trinajstić information content (AvgIpc) is 2.76.